The number of hydrogen-bond donors (Lipinski definition) is 1. The summed E-state index contributed by atoms with van der Waals surface area (Å²) in [6.45, 7) is 3.84. The van der Waals surface area contributed by atoms with Gasteiger partial charge in [-0.05, 0) is 23.8 Å². The SMILES string of the molecule is C=CC(c1[c]cccc1)c1ncccc1N. The van der Waals surface area contributed by atoms with E-state index in [1.54, 1.807) is 6.20 Å². The molecule has 0 saturated carbocycles. The van der Waals surface area contributed by atoms with E-state index in [2.05, 4.69) is 17.6 Å². The Hall–Kier alpha value is -2.09. The van der Waals surface area contributed by atoms with E-state index in [0.29, 0.717) is 5.69 Å². The summed E-state index contributed by atoms with van der Waals surface area (Å²) in [6, 6.07) is 14.6. The topological polar surface area (TPSA) is 38.9 Å². The van der Waals surface area contributed by atoms with E-state index >= 15 is 0 Å². The Morgan fingerprint density at radius 1 is 1.31 bits per heavy atom. The molecule has 1 heterocycles. The number of hydrogen-bond acceptors (Lipinski definition) is 2. The molecule has 0 amide bonds. The second-order valence-corrected chi connectivity index (χ2v) is 3.51. The Labute approximate surface area is 95.5 Å². The number of nitrogens with two attached hydrogens (primary N) is 1. The molecule has 0 bridgehead atoms. The lowest BCUT2D eigenvalue weighted by atomic mass is 9.94. The third-order valence-corrected chi connectivity index (χ3v) is 2.47. The molecule has 0 spiro atoms. The van der Waals surface area contributed by atoms with Crippen LogP contribution in [0.3, 0.4) is 0 Å². The van der Waals surface area contributed by atoms with Crippen LogP contribution in [0.15, 0.2) is 55.3 Å². The fourth-order valence-corrected chi connectivity index (χ4v) is 1.68. The van der Waals surface area contributed by atoms with E-state index < -0.39 is 0 Å². The van der Waals surface area contributed by atoms with E-state index in [0.717, 1.165) is 11.3 Å². The maximum Gasteiger partial charge on any atom is 0.0745 e. The van der Waals surface area contributed by atoms with Crippen LogP contribution < -0.4 is 5.73 Å². The van der Waals surface area contributed by atoms with Gasteiger partial charge in [0.2, 0.25) is 0 Å². The van der Waals surface area contributed by atoms with Crippen molar-refractivity contribution >= 4 is 5.69 Å². The maximum atomic E-state index is 5.91. The van der Waals surface area contributed by atoms with Gasteiger partial charge in [0, 0.05) is 12.1 Å². The van der Waals surface area contributed by atoms with Gasteiger partial charge in [-0.15, -0.1) is 6.58 Å². The van der Waals surface area contributed by atoms with Crippen molar-refractivity contribution in [3.05, 3.63) is 72.6 Å². The second-order valence-electron chi connectivity index (χ2n) is 3.51. The van der Waals surface area contributed by atoms with Gasteiger partial charge in [-0.25, -0.2) is 0 Å². The molecule has 1 unspecified atom stereocenters. The zero-order valence-electron chi connectivity index (χ0n) is 8.93. The highest BCUT2D eigenvalue weighted by molar-refractivity contribution is 5.49. The van der Waals surface area contributed by atoms with E-state index in [4.69, 9.17) is 5.73 Å². The molecular formula is C14H13N2. The van der Waals surface area contributed by atoms with Crippen molar-refractivity contribution in [1.29, 1.82) is 0 Å². The Morgan fingerprint density at radius 3 is 2.81 bits per heavy atom. The van der Waals surface area contributed by atoms with Gasteiger partial charge in [-0.1, -0.05) is 30.3 Å². The van der Waals surface area contributed by atoms with Crippen LogP contribution in [0.5, 0.6) is 0 Å². The smallest absolute Gasteiger partial charge is 0.0745 e. The Kier molecular flexibility index (Phi) is 3.01. The number of benzene rings is 1. The summed E-state index contributed by atoms with van der Waals surface area (Å²) in [6.07, 6.45) is 3.58. The molecule has 1 radical (unpaired) electrons. The third kappa shape index (κ3) is 1.96. The van der Waals surface area contributed by atoms with E-state index in [1.165, 1.54) is 0 Å². The minimum absolute atomic E-state index is 0.00222. The van der Waals surface area contributed by atoms with Gasteiger partial charge in [0.05, 0.1) is 11.4 Å². The Bertz CT molecular complexity index is 477. The minimum atomic E-state index is 0.00222. The predicted molar refractivity (Wildman–Crippen MR) is 66.0 cm³/mol. The first kappa shape index (κ1) is 10.4. The van der Waals surface area contributed by atoms with Gasteiger partial charge < -0.3 is 5.73 Å². The van der Waals surface area contributed by atoms with Gasteiger partial charge in [-0.2, -0.15) is 0 Å². The molecule has 2 aromatic rings. The van der Waals surface area contributed by atoms with Crippen molar-refractivity contribution < 1.29 is 0 Å². The largest absolute Gasteiger partial charge is 0.397 e. The van der Waals surface area contributed by atoms with Crippen LogP contribution in [0.25, 0.3) is 0 Å². The lowest BCUT2D eigenvalue weighted by Crippen LogP contribution is -2.04. The van der Waals surface area contributed by atoms with Crippen molar-refractivity contribution in [2.75, 3.05) is 5.73 Å². The molecule has 0 aliphatic rings. The normalized spacial score (nSPS) is 12.0. The first-order chi connectivity index (χ1) is 7.83. The highest BCUT2D eigenvalue weighted by Gasteiger charge is 2.13. The Morgan fingerprint density at radius 2 is 2.19 bits per heavy atom. The van der Waals surface area contributed by atoms with Gasteiger partial charge >= 0.3 is 0 Å². The van der Waals surface area contributed by atoms with E-state index in [9.17, 15) is 0 Å². The van der Waals surface area contributed by atoms with E-state index in [-0.39, 0.29) is 5.92 Å². The van der Waals surface area contributed by atoms with Crippen LogP contribution in [0, 0.1) is 6.07 Å². The molecule has 1 aromatic heterocycles. The molecule has 0 fully saturated rings. The minimum Gasteiger partial charge on any atom is -0.397 e. The maximum absolute atomic E-state index is 5.91. The van der Waals surface area contributed by atoms with Crippen LogP contribution in [-0.2, 0) is 0 Å². The molecule has 0 aliphatic carbocycles. The first-order valence-electron chi connectivity index (χ1n) is 5.12. The number of anilines is 1. The van der Waals surface area contributed by atoms with Crippen LogP contribution in [0.2, 0.25) is 0 Å². The highest BCUT2D eigenvalue weighted by Crippen LogP contribution is 2.27. The summed E-state index contributed by atoms with van der Waals surface area (Å²) in [7, 11) is 0. The summed E-state index contributed by atoms with van der Waals surface area (Å²) < 4.78 is 0. The van der Waals surface area contributed by atoms with Crippen molar-refractivity contribution in [2.24, 2.45) is 0 Å². The number of nitrogens with zero attached hydrogens (tertiary/aromatic N) is 1. The molecule has 79 valence electrons. The number of allylic oxidation sites excluding steroid dienone is 1. The molecule has 1 aromatic carbocycles. The molecule has 0 saturated heterocycles. The summed E-state index contributed by atoms with van der Waals surface area (Å²) in [4.78, 5) is 4.31. The number of aromatic nitrogens is 1. The van der Waals surface area contributed by atoms with Crippen LogP contribution in [0.1, 0.15) is 17.2 Å². The lowest BCUT2D eigenvalue weighted by molar-refractivity contribution is 0.960. The molecule has 0 aliphatic heterocycles. The Balaban J connectivity index is 2.45. The average Bonchev–Trinajstić information content (AvgIpc) is 2.34. The van der Waals surface area contributed by atoms with Crippen molar-refractivity contribution in [3.63, 3.8) is 0 Å². The zero-order valence-corrected chi connectivity index (χ0v) is 8.93. The molecule has 2 N–H and O–H groups in total. The molecule has 16 heavy (non-hydrogen) atoms. The fraction of sp³-hybridized carbons (Fsp3) is 0.0714. The van der Waals surface area contributed by atoms with Gasteiger partial charge in [0.1, 0.15) is 0 Å². The predicted octanol–water partition coefficient (Wildman–Crippen LogP) is 2.78. The average molecular weight is 209 g/mol. The van der Waals surface area contributed by atoms with Crippen molar-refractivity contribution in [1.82, 2.24) is 4.98 Å². The molecule has 2 nitrogen and oxygen atoms in total. The van der Waals surface area contributed by atoms with Gasteiger partial charge in [0.15, 0.2) is 0 Å². The quantitative estimate of drug-likeness (QED) is 0.789. The summed E-state index contributed by atoms with van der Waals surface area (Å²) in [5.74, 6) is 0.00222. The summed E-state index contributed by atoms with van der Waals surface area (Å²) >= 11 is 0. The fourth-order valence-electron chi connectivity index (χ4n) is 1.68. The van der Waals surface area contributed by atoms with Gasteiger partial charge in [0.25, 0.3) is 0 Å². The van der Waals surface area contributed by atoms with Gasteiger partial charge in [-0.3, -0.25) is 4.98 Å². The summed E-state index contributed by atoms with van der Waals surface area (Å²) in [5.41, 5.74) is 8.46. The van der Waals surface area contributed by atoms with Crippen molar-refractivity contribution in [2.45, 2.75) is 5.92 Å². The standard InChI is InChI=1S/C14H13N2/c1-2-12(11-7-4-3-5-8-11)14-13(15)9-6-10-16-14/h2-7,9-10,12H,1,15H2. The molecule has 2 rings (SSSR count). The zero-order chi connectivity index (χ0) is 11.4. The van der Waals surface area contributed by atoms with Crippen LogP contribution in [-0.4, -0.2) is 4.98 Å². The number of nitrogen functional groups attached to an aromatic ring is 1. The first-order valence-corrected chi connectivity index (χ1v) is 5.12. The number of rotatable bonds is 3. The molecular weight excluding hydrogens is 196 g/mol. The number of pyridine rings is 1. The van der Waals surface area contributed by atoms with Crippen LogP contribution >= 0.6 is 0 Å². The molecule has 2 heteroatoms. The highest BCUT2D eigenvalue weighted by atomic mass is 14.7. The lowest BCUT2D eigenvalue weighted by Gasteiger charge is -2.13. The summed E-state index contributed by atoms with van der Waals surface area (Å²) in [5, 5.41) is 0. The third-order valence-electron chi connectivity index (χ3n) is 2.47. The monoisotopic (exact) mass is 209 g/mol. The van der Waals surface area contributed by atoms with Crippen molar-refractivity contribution in [3.8, 4) is 0 Å². The van der Waals surface area contributed by atoms with Crippen LogP contribution in [0.4, 0.5) is 5.69 Å². The second kappa shape index (κ2) is 4.62. The van der Waals surface area contributed by atoms with E-state index in [1.807, 2.05) is 42.5 Å². The molecule has 1 atom stereocenters.